The molecule has 0 fully saturated rings. The summed E-state index contributed by atoms with van der Waals surface area (Å²) in [5.74, 6) is 0. The molecule has 0 spiro atoms. The Bertz CT molecular complexity index is 408. The minimum Gasteiger partial charge on any atom is -0.322 e. The monoisotopic (exact) mass is 259 g/mol. The van der Waals surface area contributed by atoms with Gasteiger partial charge in [0.25, 0.3) is 0 Å². The molecular weight excluding hydrogens is 250 g/mol. The first kappa shape index (κ1) is 11.2. The van der Waals surface area contributed by atoms with Crippen LogP contribution in [0, 0.1) is 0 Å². The first-order valence-electron chi connectivity index (χ1n) is 4.46. The van der Waals surface area contributed by atoms with Crippen molar-refractivity contribution in [1.29, 1.82) is 0 Å². The topological polar surface area (TPSA) is 21.6 Å². The third-order valence-corrected chi connectivity index (χ3v) is 3.76. The molecule has 0 bridgehead atoms. The summed E-state index contributed by atoms with van der Waals surface area (Å²) in [6.45, 7) is 2.11. The summed E-state index contributed by atoms with van der Waals surface area (Å²) in [4.78, 5) is 1.22. The van der Waals surface area contributed by atoms with E-state index >= 15 is 0 Å². The summed E-state index contributed by atoms with van der Waals surface area (Å²) in [7, 11) is 0. The summed E-state index contributed by atoms with van der Waals surface area (Å²) in [6.07, 6.45) is 1.84. The Morgan fingerprint density at radius 2 is 2.33 bits per heavy atom. The van der Waals surface area contributed by atoms with Crippen LogP contribution < -0.4 is 0 Å². The van der Waals surface area contributed by atoms with E-state index < -0.39 is 0 Å². The van der Waals surface area contributed by atoms with E-state index in [2.05, 4.69) is 12.1 Å². The van der Waals surface area contributed by atoms with Crippen LogP contribution in [0.5, 0.6) is 0 Å². The molecule has 0 radical (unpaired) electrons. The Morgan fingerprint density at radius 3 is 3.07 bits per heavy atom. The fraction of sp³-hybridized carbons (Fsp3) is 0.300. The number of thioether (sulfide) groups is 1. The molecule has 1 aromatic rings. The Balaban J connectivity index is 2.39. The molecule has 0 amide bonds. The van der Waals surface area contributed by atoms with Gasteiger partial charge in [0.2, 0.25) is 0 Å². The molecule has 5 heteroatoms. The molecule has 0 aliphatic carbocycles. The minimum absolute atomic E-state index is 0.325. The fourth-order valence-electron chi connectivity index (χ4n) is 1.47. The maximum Gasteiger partial charge on any atom is 0.103 e. The van der Waals surface area contributed by atoms with Crippen LogP contribution >= 0.6 is 35.4 Å². The average Bonchev–Trinajstić information content (AvgIpc) is 2.51. The Kier molecular flexibility index (Phi) is 3.49. The zero-order chi connectivity index (χ0) is 10.8. The summed E-state index contributed by atoms with van der Waals surface area (Å²) in [5, 5.41) is 5.17. The first-order valence-corrected chi connectivity index (χ1v) is 6.87. The second kappa shape index (κ2) is 4.68. The number of rotatable bonds is 2. The first-order chi connectivity index (χ1) is 7.22. The van der Waals surface area contributed by atoms with Crippen molar-refractivity contribution in [3.63, 3.8) is 0 Å². The fourth-order valence-corrected chi connectivity index (χ4v) is 2.90. The highest BCUT2D eigenvalue weighted by Gasteiger charge is 2.26. The zero-order valence-corrected chi connectivity index (χ0v) is 10.7. The lowest BCUT2D eigenvalue weighted by Gasteiger charge is -2.01. The summed E-state index contributed by atoms with van der Waals surface area (Å²) in [5.41, 5.74) is 2.06. The van der Waals surface area contributed by atoms with Crippen molar-refractivity contribution >= 4 is 41.1 Å². The molecule has 0 saturated carbocycles. The van der Waals surface area contributed by atoms with Crippen LogP contribution in [-0.4, -0.2) is 17.2 Å². The number of benzene rings is 1. The van der Waals surface area contributed by atoms with Crippen molar-refractivity contribution in [1.82, 2.24) is 0 Å². The number of oxime groups is 1. The van der Waals surface area contributed by atoms with E-state index in [-0.39, 0.29) is 0 Å². The van der Waals surface area contributed by atoms with E-state index in [1.165, 1.54) is 16.9 Å². The van der Waals surface area contributed by atoms with Crippen LogP contribution in [0.4, 0.5) is 0 Å². The predicted octanol–water partition coefficient (Wildman–Crippen LogP) is 3.83. The van der Waals surface area contributed by atoms with Gasteiger partial charge in [-0.2, -0.15) is 0 Å². The second-order valence-corrected chi connectivity index (χ2v) is 5.42. The van der Waals surface area contributed by atoms with Gasteiger partial charge in [0.15, 0.2) is 0 Å². The number of fused-ring (bicyclic) bond motifs is 1. The van der Waals surface area contributed by atoms with Crippen molar-refractivity contribution in [2.24, 2.45) is 5.16 Å². The third-order valence-electron chi connectivity index (χ3n) is 2.12. The normalized spacial score (nSPS) is 21.8. The number of hydrogen-bond donors (Lipinski definition) is 0. The maximum absolute atomic E-state index is 5.96. The molecule has 1 atom stereocenters. The molecule has 1 heterocycles. The van der Waals surface area contributed by atoms with Gasteiger partial charge in [-0.15, -0.1) is 11.8 Å². The molecule has 0 N–H and O–H groups in total. The van der Waals surface area contributed by atoms with Crippen molar-refractivity contribution in [3.05, 3.63) is 28.8 Å². The minimum atomic E-state index is 0.325. The lowest BCUT2D eigenvalue weighted by atomic mass is 10.1. The number of hydrogen-bond acceptors (Lipinski definition) is 4. The van der Waals surface area contributed by atoms with Crippen molar-refractivity contribution in [2.45, 2.75) is 17.1 Å². The molecule has 2 nitrogen and oxygen atoms in total. The molecule has 1 aliphatic heterocycles. The van der Waals surface area contributed by atoms with Crippen LogP contribution in [-0.2, 0) is 4.28 Å². The Hall–Kier alpha value is -0.320. The van der Waals surface area contributed by atoms with Gasteiger partial charge in [-0.25, -0.2) is 0 Å². The van der Waals surface area contributed by atoms with Crippen molar-refractivity contribution < 1.29 is 4.28 Å². The van der Waals surface area contributed by atoms with Gasteiger partial charge >= 0.3 is 0 Å². The molecule has 80 valence electrons. The van der Waals surface area contributed by atoms with Gasteiger partial charge < -0.3 is 4.28 Å². The Morgan fingerprint density at radius 1 is 1.53 bits per heavy atom. The van der Waals surface area contributed by atoms with E-state index in [4.69, 9.17) is 15.9 Å². The van der Waals surface area contributed by atoms with E-state index in [0.717, 1.165) is 16.3 Å². The van der Waals surface area contributed by atoms with Gasteiger partial charge in [0, 0.05) is 21.7 Å². The molecule has 0 saturated heterocycles. The highest BCUT2D eigenvalue weighted by molar-refractivity contribution is 8.01. The molecule has 15 heavy (non-hydrogen) atoms. The highest BCUT2D eigenvalue weighted by Crippen LogP contribution is 2.38. The Labute approximate surface area is 103 Å². The van der Waals surface area contributed by atoms with Gasteiger partial charge in [0.1, 0.15) is 5.71 Å². The van der Waals surface area contributed by atoms with E-state index in [1.54, 1.807) is 11.8 Å². The highest BCUT2D eigenvalue weighted by atomic mass is 35.5. The van der Waals surface area contributed by atoms with E-state index in [0.29, 0.717) is 5.25 Å². The lowest BCUT2D eigenvalue weighted by Crippen LogP contribution is -2.08. The quantitative estimate of drug-likeness (QED) is 0.595. The van der Waals surface area contributed by atoms with Gasteiger partial charge in [0.05, 0.1) is 17.3 Å². The van der Waals surface area contributed by atoms with E-state index in [9.17, 15) is 0 Å². The van der Waals surface area contributed by atoms with Crippen LogP contribution in [0.1, 0.15) is 12.5 Å². The maximum atomic E-state index is 5.96. The van der Waals surface area contributed by atoms with Crippen molar-refractivity contribution in [3.8, 4) is 0 Å². The molecule has 2 rings (SSSR count). The van der Waals surface area contributed by atoms with Gasteiger partial charge in [-0.05, 0) is 25.1 Å². The second-order valence-electron chi connectivity index (χ2n) is 3.12. The zero-order valence-electron chi connectivity index (χ0n) is 8.36. The summed E-state index contributed by atoms with van der Waals surface area (Å²) < 4.78 is 5.03. The standard InChI is InChI=1S/C10H10ClNOS2/c1-6-10(12-13-14-2)8-5-7(11)3-4-9(8)15-6/h3-6H,1-2H3/b12-10+. The molecule has 0 aromatic heterocycles. The summed E-state index contributed by atoms with van der Waals surface area (Å²) >= 11 is 8.98. The van der Waals surface area contributed by atoms with Crippen LogP contribution in [0.15, 0.2) is 28.3 Å². The summed E-state index contributed by atoms with van der Waals surface area (Å²) in [6, 6.07) is 5.87. The molecule has 1 unspecified atom stereocenters. The lowest BCUT2D eigenvalue weighted by molar-refractivity contribution is 0.407. The number of halogens is 1. The molecular formula is C10H10ClNOS2. The van der Waals surface area contributed by atoms with Gasteiger partial charge in [-0.3, -0.25) is 0 Å². The molecule has 1 aliphatic rings. The predicted molar refractivity (Wildman–Crippen MR) is 67.9 cm³/mol. The number of nitrogens with zero attached hydrogens (tertiary/aromatic N) is 1. The van der Waals surface area contributed by atoms with Crippen LogP contribution in [0.25, 0.3) is 0 Å². The SMILES string of the molecule is CSO/N=C1/c2cc(Cl)ccc2SC1C. The smallest absolute Gasteiger partial charge is 0.103 e. The van der Waals surface area contributed by atoms with Crippen LogP contribution in [0.2, 0.25) is 5.02 Å². The van der Waals surface area contributed by atoms with Crippen molar-refractivity contribution in [2.75, 3.05) is 6.26 Å². The van der Waals surface area contributed by atoms with Crippen LogP contribution in [0.3, 0.4) is 0 Å². The largest absolute Gasteiger partial charge is 0.322 e. The van der Waals surface area contributed by atoms with E-state index in [1.807, 2.05) is 24.5 Å². The molecule has 1 aromatic carbocycles. The third kappa shape index (κ3) is 2.27. The van der Waals surface area contributed by atoms with Gasteiger partial charge in [-0.1, -0.05) is 16.8 Å². The average molecular weight is 260 g/mol.